The Morgan fingerprint density at radius 3 is 2.69 bits per heavy atom. The number of hydrogen-bond acceptors (Lipinski definition) is 4. The standard InChI is InChI=1S/C19H26FN3O2S/c1-2-26(24,25)13-11-15-6-8-17(9-7-15)21-19-10-12-23(22-19)18-5-3-4-16(20)14-18/h3-5,10,12,14-15,17H,2,6-9,11,13H2,1H3,(H,21,22)/t15-,17-. The first-order valence-electron chi connectivity index (χ1n) is 9.24. The van der Waals surface area contributed by atoms with Crippen molar-refractivity contribution in [2.75, 3.05) is 16.8 Å². The van der Waals surface area contributed by atoms with E-state index in [2.05, 4.69) is 10.4 Å². The van der Waals surface area contributed by atoms with E-state index >= 15 is 0 Å². The molecule has 2 aromatic rings. The van der Waals surface area contributed by atoms with Crippen LogP contribution in [-0.4, -0.2) is 35.7 Å². The summed E-state index contributed by atoms with van der Waals surface area (Å²) in [6.45, 7) is 1.71. The second kappa shape index (κ2) is 8.20. The highest BCUT2D eigenvalue weighted by Crippen LogP contribution is 2.29. The van der Waals surface area contributed by atoms with Gasteiger partial charge in [-0.1, -0.05) is 13.0 Å². The molecule has 0 amide bonds. The molecule has 142 valence electrons. The van der Waals surface area contributed by atoms with Gasteiger partial charge in [0.05, 0.1) is 11.4 Å². The average molecular weight is 380 g/mol. The molecule has 5 nitrogen and oxygen atoms in total. The average Bonchev–Trinajstić information content (AvgIpc) is 3.10. The van der Waals surface area contributed by atoms with Crippen molar-refractivity contribution in [3.63, 3.8) is 0 Å². The summed E-state index contributed by atoms with van der Waals surface area (Å²) in [5.41, 5.74) is 0.693. The Labute approximate surface area is 154 Å². The first-order valence-corrected chi connectivity index (χ1v) is 11.1. The normalized spacial score (nSPS) is 20.8. The van der Waals surface area contributed by atoms with Gasteiger partial charge in [-0.25, -0.2) is 17.5 Å². The predicted octanol–water partition coefficient (Wildman–Crippen LogP) is 3.81. The van der Waals surface area contributed by atoms with Crippen LogP contribution in [0.3, 0.4) is 0 Å². The van der Waals surface area contributed by atoms with Gasteiger partial charge in [0.25, 0.3) is 0 Å². The number of anilines is 1. The first-order chi connectivity index (χ1) is 12.4. The van der Waals surface area contributed by atoms with E-state index in [-0.39, 0.29) is 11.6 Å². The summed E-state index contributed by atoms with van der Waals surface area (Å²) in [6.07, 6.45) is 6.71. The van der Waals surface area contributed by atoms with E-state index in [1.165, 1.54) is 12.1 Å². The van der Waals surface area contributed by atoms with Gasteiger partial charge in [0, 0.05) is 24.1 Å². The van der Waals surface area contributed by atoms with Gasteiger partial charge in [-0.05, 0) is 56.2 Å². The number of halogens is 1. The van der Waals surface area contributed by atoms with E-state index in [9.17, 15) is 12.8 Å². The Morgan fingerprint density at radius 2 is 2.00 bits per heavy atom. The molecule has 0 unspecified atom stereocenters. The number of hydrogen-bond donors (Lipinski definition) is 1. The maximum Gasteiger partial charge on any atom is 0.150 e. The molecule has 0 bridgehead atoms. The van der Waals surface area contributed by atoms with Crippen molar-refractivity contribution < 1.29 is 12.8 Å². The van der Waals surface area contributed by atoms with Crippen LogP contribution in [0.4, 0.5) is 10.2 Å². The lowest BCUT2D eigenvalue weighted by molar-refractivity contribution is 0.330. The van der Waals surface area contributed by atoms with E-state index in [1.807, 2.05) is 18.3 Å². The molecule has 0 atom stereocenters. The molecule has 0 aliphatic heterocycles. The van der Waals surface area contributed by atoms with Crippen molar-refractivity contribution in [2.24, 2.45) is 5.92 Å². The van der Waals surface area contributed by atoms with E-state index in [4.69, 9.17) is 0 Å². The lowest BCUT2D eigenvalue weighted by Gasteiger charge is -2.29. The van der Waals surface area contributed by atoms with E-state index < -0.39 is 9.84 Å². The van der Waals surface area contributed by atoms with Crippen LogP contribution in [0.15, 0.2) is 36.5 Å². The van der Waals surface area contributed by atoms with Crippen molar-refractivity contribution in [2.45, 2.75) is 45.1 Å². The lowest BCUT2D eigenvalue weighted by atomic mass is 9.84. The highest BCUT2D eigenvalue weighted by Gasteiger charge is 2.23. The van der Waals surface area contributed by atoms with Crippen LogP contribution in [-0.2, 0) is 9.84 Å². The highest BCUT2D eigenvalue weighted by atomic mass is 32.2. The minimum absolute atomic E-state index is 0.234. The third kappa shape index (κ3) is 5.06. The van der Waals surface area contributed by atoms with Crippen molar-refractivity contribution >= 4 is 15.7 Å². The molecule has 1 aromatic carbocycles. The summed E-state index contributed by atoms with van der Waals surface area (Å²) in [7, 11) is -2.86. The van der Waals surface area contributed by atoms with Crippen molar-refractivity contribution in [1.82, 2.24) is 9.78 Å². The summed E-state index contributed by atoms with van der Waals surface area (Å²) < 4.78 is 38.3. The third-order valence-electron chi connectivity index (χ3n) is 5.14. The summed E-state index contributed by atoms with van der Waals surface area (Å²) in [6, 6.07) is 8.59. The van der Waals surface area contributed by atoms with E-state index in [1.54, 1.807) is 17.7 Å². The topological polar surface area (TPSA) is 64.0 Å². The zero-order valence-corrected chi connectivity index (χ0v) is 15.9. The van der Waals surface area contributed by atoms with Crippen LogP contribution in [0.1, 0.15) is 39.0 Å². The molecule has 0 saturated heterocycles. The second-order valence-corrected chi connectivity index (χ2v) is 9.49. The quantitative estimate of drug-likeness (QED) is 0.795. The van der Waals surface area contributed by atoms with Crippen LogP contribution in [0.5, 0.6) is 0 Å². The molecule has 0 spiro atoms. The van der Waals surface area contributed by atoms with Crippen molar-refractivity contribution in [3.8, 4) is 5.69 Å². The SMILES string of the molecule is CCS(=O)(=O)CC[C@H]1CC[C@H](Nc2ccn(-c3cccc(F)c3)n2)CC1. The Morgan fingerprint density at radius 1 is 1.23 bits per heavy atom. The van der Waals surface area contributed by atoms with E-state index in [0.717, 1.165) is 37.9 Å². The van der Waals surface area contributed by atoms with Crippen LogP contribution in [0.25, 0.3) is 5.69 Å². The Bertz CT molecular complexity index is 827. The number of aromatic nitrogens is 2. The van der Waals surface area contributed by atoms with Gasteiger partial charge in [-0.2, -0.15) is 5.10 Å². The zero-order valence-electron chi connectivity index (χ0n) is 15.1. The molecule has 1 aliphatic rings. The zero-order chi connectivity index (χ0) is 18.6. The minimum Gasteiger partial charge on any atom is -0.366 e. The lowest BCUT2D eigenvalue weighted by Crippen LogP contribution is -2.27. The van der Waals surface area contributed by atoms with Gasteiger partial charge >= 0.3 is 0 Å². The second-order valence-electron chi connectivity index (χ2n) is 7.01. The van der Waals surface area contributed by atoms with Gasteiger partial charge < -0.3 is 5.32 Å². The van der Waals surface area contributed by atoms with Crippen LogP contribution in [0.2, 0.25) is 0 Å². The Hall–Kier alpha value is -1.89. The van der Waals surface area contributed by atoms with Crippen molar-refractivity contribution in [3.05, 3.63) is 42.3 Å². The predicted molar refractivity (Wildman–Crippen MR) is 102 cm³/mol. The van der Waals surface area contributed by atoms with Crippen LogP contribution >= 0.6 is 0 Å². The fourth-order valence-corrected chi connectivity index (χ4v) is 4.44. The number of nitrogens with one attached hydrogen (secondary N) is 1. The fraction of sp³-hybridized carbons (Fsp3) is 0.526. The molecule has 1 fully saturated rings. The largest absolute Gasteiger partial charge is 0.366 e. The molecule has 1 saturated carbocycles. The Balaban J connectivity index is 1.49. The number of rotatable bonds is 7. The third-order valence-corrected chi connectivity index (χ3v) is 6.87. The van der Waals surface area contributed by atoms with Gasteiger partial charge in [0.1, 0.15) is 21.5 Å². The molecule has 1 aromatic heterocycles. The monoisotopic (exact) mass is 379 g/mol. The van der Waals surface area contributed by atoms with E-state index in [0.29, 0.717) is 23.4 Å². The summed E-state index contributed by atoms with van der Waals surface area (Å²) >= 11 is 0. The number of benzene rings is 1. The molecule has 1 heterocycles. The fourth-order valence-electron chi connectivity index (χ4n) is 3.46. The smallest absolute Gasteiger partial charge is 0.150 e. The van der Waals surface area contributed by atoms with Gasteiger partial charge in [0.15, 0.2) is 0 Å². The number of sulfone groups is 1. The summed E-state index contributed by atoms with van der Waals surface area (Å²) in [5, 5.41) is 7.92. The highest BCUT2D eigenvalue weighted by molar-refractivity contribution is 7.91. The summed E-state index contributed by atoms with van der Waals surface area (Å²) in [5.74, 6) is 1.55. The van der Waals surface area contributed by atoms with Gasteiger partial charge in [0.2, 0.25) is 0 Å². The molecule has 7 heteroatoms. The molecule has 0 radical (unpaired) electrons. The maximum atomic E-state index is 13.3. The Kier molecular flexibility index (Phi) is 5.96. The molecule has 3 rings (SSSR count). The van der Waals surface area contributed by atoms with Gasteiger partial charge in [-0.15, -0.1) is 0 Å². The molecule has 1 aliphatic carbocycles. The maximum absolute atomic E-state index is 13.3. The molecular formula is C19H26FN3O2S. The van der Waals surface area contributed by atoms with Crippen molar-refractivity contribution in [1.29, 1.82) is 0 Å². The molecule has 1 N–H and O–H groups in total. The van der Waals surface area contributed by atoms with Crippen LogP contribution < -0.4 is 5.32 Å². The minimum atomic E-state index is -2.86. The van der Waals surface area contributed by atoms with Gasteiger partial charge in [-0.3, -0.25) is 0 Å². The summed E-state index contributed by atoms with van der Waals surface area (Å²) in [4.78, 5) is 0. The first kappa shape index (κ1) is 18.9. The van der Waals surface area contributed by atoms with Crippen LogP contribution in [0, 0.1) is 11.7 Å². The molecule has 26 heavy (non-hydrogen) atoms. The number of nitrogens with zero attached hydrogens (tertiary/aromatic N) is 2. The molecular weight excluding hydrogens is 353 g/mol.